The number of benzene rings is 2. The number of rotatable bonds is 7. The topological polar surface area (TPSA) is 52.2 Å². The van der Waals surface area contributed by atoms with Crippen LogP contribution >= 0.6 is 11.6 Å². The molecule has 1 aliphatic carbocycles. The number of aromatic nitrogens is 2. The third kappa shape index (κ3) is 5.86. The molecule has 1 fully saturated rings. The first-order valence-corrected chi connectivity index (χ1v) is 14.7. The fraction of sp³-hybridized carbons (Fsp3) is 0.353. The summed E-state index contributed by atoms with van der Waals surface area (Å²) >= 11 is 6.19. The maximum absolute atomic E-state index is 11.8. The molecule has 1 N–H and O–H groups in total. The fourth-order valence-electron chi connectivity index (χ4n) is 6.36. The molecular weight excluding hydrogens is 516 g/mol. The third-order valence-electron chi connectivity index (χ3n) is 8.62. The summed E-state index contributed by atoms with van der Waals surface area (Å²) in [5.74, 6) is 0. The molecule has 0 amide bonds. The molecule has 0 radical (unpaired) electrons. The molecule has 40 heavy (non-hydrogen) atoms. The molecule has 0 unspecified atom stereocenters. The number of carbonyl (C=O) groups is 1. The average molecular weight is 553 g/mol. The van der Waals surface area contributed by atoms with Gasteiger partial charge in [-0.25, -0.2) is 4.98 Å². The van der Waals surface area contributed by atoms with Crippen molar-refractivity contribution in [2.45, 2.75) is 39.5 Å². The van der Waals surface area contributed by atoms with Gasteiger partial charge in [-0.1, -0.05) is 43.2 Å². The summed E-state index contributed by atoms with van der Waals surface area (Å²) in [7, 11) is 0. The lowest BCUT2D eigenvalue weighted by Crippen LogP contribution is -2.47. The van der Waals surface area contributed by atoms with Crippen molar-refractivity contribution in [3.63, 3.8) is 0 Å². The summed E-state index contributed by atoms with van der Waals surface area (Å²) in [6, 6.07) is 18.8. The second kappa shape index (κ2) is 11.2. The van der Waals surface area contributed by atoms with E-state index in [1.807, 2.05) is 36.7 Å². The first-order chi connectivity index (χ1) is 19.4. The Balaban J connectivity index is 1.16. The zero-order valence-corrected chi connectivity index (χ0v) is 24.2. The lowest BCUT2D eigenvalue weighted by molar-refractivity contribution is 0.112. The molecule has 6 rings (SSSR count). The molecular formula is C34H37ClN4O. The number of halogens is 1. The van der Waals surface area contributed by atoms with Crippen molar-refractivity contribution in [1.82, 2.24) is 14.9 Å². The van der Waals surface area contributed by atoms with Gasteiger partial charge in [0, 0.05) is 66.8 Å². The van der Waals surface area contributed by atoms with Gasteiger partial charge in [-0.15, -0.1) is 0 Å². The Morgan fingerprint density at radius 1 is 1.02 bits per heavy atom. The predicted molar refractivity (Wildman–Crippen MR) is 165 cm³/mol. The van der Waals surface area contributed by atoms with Gasteiger partial charge < -0.3 is 9.88 Å². The van der Waals surface area contributed by atoms with Crippen molar-refractivity contribution in [1.29, 1.82) is 0 Å². The van der Waals surface area contributed by atoms with Crippen LogP contribution in [0, 0.1) is 5.41 Å². The molecule has 0 bridgehead atoms. The Bertz CT molecular complexity index is 1540. The van der Waals surface area contributed by atoms with Crippen molar-refractivity contribution in [2.75, 3.05) is 37.6 Å². The highest BCUT2D eigenvalue weighted by Gasteiger charge is 2.29. The molecule has 0 saturated carbocycles. The van der Waals surface area contributed by atoms with Crippen molar-refractivity contribution in [3.8, 4) is 0 Å². The van der Waals surface area contributed by atoms with E-state index in [-0.39, 0.29) is 0 Å². The van der Waals surface area contributed by atoms with Gasteiger partial charge in [-0.05, 0) is 95.8 Å². The zero-order chi connectivity index (χ0) is 27.7. The minimum atomic E-state index is 0.338. The van der Waals surface area contributed by atoms with E-state index in [9.17, 15) is 4.79 Å². The average Bonchev–Trinajstić information content (AvgIpc) is 3.42. The van der Waals surface area contributed by atoms with Gasteiger partial charge in [0.05, 0.1) is 0 Å². The number of aromatic amines is 1. The van der Waals surface area contributed by atoms with Crippen molar-refractivity contribution in [3.05, 3.63) is 99.8 Å². The summed E-state index contributed by atoms with van der Waals surface area (Å²) in [6.07, 6.45) is 8.95. The Morgan fingerprint density at radius 2 is 1.82 bits per heavy atom. The molecule has 5 nitrogen and oxygen atoms in total. The summed E-state index contributed by atoms with van der Waals surface area (Å²) in [6.45, 7) is 9.83. The van der Waals surface area contributed by atoms with Crippen LogP contribution in [0.5, 0.6) is 0 Å². The van der Waals surface area contributed by atoms with E-state index >= 15 is 0 Å². The maximum Gasteiger partial charge on any atom is 0.150 e. The van der Waals surface area contributed by atoms with Crippen LogP contribution in [0.25, 0.3) is 16.6 Å². The van der Waals surface area contributed by atoms with E-state index in [2.05, 4.69) is 63.9 Å². The van der Waals surface area contributed by atoms with Gasteiger partial charge in [-0.2, -0.15) is 0 Å². The van der Waals surface area contributed by atoms with Crippen molar-refractivity contribution in [2.24, 2.45) is 5.41 Å². The number of pyridine rings is 1. The Morgan fingerprint density at radius 3 is 2.60 bits per heavy atom. The van der Waals surface area contributed by atoms with Gasteiger partial charge in [0.15, 0.2) is 0 Å². The van der Waals surface area contributed by atoms with E-state index in [0.717, 1.165) is 84.6 Å². The molecule has 2 aromatic carbocycles. The second-order valence-corrected chi connectivity index (χ2v) is 12.6. The quantitative estimate of drug-likeness (QED) is 0.243. The summed E-state index contributed by atoms with van der Waals surface area (Å²) in [5.41, 5.74) is 9.74. The SMILES string of the molecule is CC1(C)CCC(c2ccc(Cl)cc2)=C(CN2CCN(c3ccc(C=O)c(Cc4cnc5[nH]ccc5c4)c3)CC2)C1. The van der Waals surface area contributed by atoms with Crippen LogP contribution in [0.2, 0.25) is 5.02 Å². The molecule has 4 aromatic rings. The van der Waals surface area contributed by atoms with E-state index in [0.29, 0.717) is 11.8 Å². The number of nitrogens with zero attached hydrogens (tertiary/aromatic N) is 3. The number of carbonyl (C=O) groups excluding carboxylic acids is 1. The Hall–Kier alpha value is -3.41. The summed E-state index contributed by atoms with van der Waals surface area (Å²) < 4.78 is 0. The van der Waals surface area contributed by atoms with Gasteiger partial charge in [0.25, 0.3) is 0 Å². The number of H-pyrrole nitrogens is 1. The number of aldehydes is 1. The molecule has 1 saturated heterocycles. The Labute approximate surface area is 241 Å². The highest BCUT2D eigenvalue weighted by molar-refractivity contribution is 6.30. The molecule has 2 aromatic heterocycles. The number of nitrogens with one attached hydrogen (secondary N) is 1. The zero-order valence-electron chi connectivity index (χ0n) is 23.4. The molecule has 206 valence electrons. The number of piperazine rings is 1. The van der Waals surface area contributed by atoms with E-state index in [1.54, 1.807) is 5.57 Å². The molecule has 6 heteroatoms. The summed E-state index contributed by atoms with van der Waals surface area (Å²) in [5, 5.41) is 1.88. The predicted octanol–water partition coefficient (Wildman–Crippen LogP) is 7.41. The van der Waals surface area contributed by atoms with Crippen LogP contribution in [-0.4, -0.2) is 53.9 Å². The first-order valence-electron chi connectivity index (χ1n) is 14.3. The smallest absolute Gasteiger partial charge is 0.150 e. The number of hydrogen-bond donors (Lipinski definition) is 1. The largest absolute Gasteiger partial charge is 0.369 e. The highest BCUT2D eigenvalue weighted by Crippen LogP contribution is 2.43. The van der Waals surface area contributed by atoms with E-state index in [4.69, 9.17) is 11.6 Å². The molecule has 3 heterocycles. The fourth-order valence-corrected chi connectivity index (χ4v) is 6.48. The van der Waals surface area contributed by atoms with Crippen LogP contribution in [0.4, 0.5) is 5.69 Å². The number of hydrogen-bond acceptors (Lipinski definition) is 4. The molecule has 0 atom stereocenters. The van der Waals surface area contributed by atoms with Crippen molar-refractivity contribution < 1.29 is 4.79 Å². The molecule has 0 spiro atoms. The van der Waals surface area contributed by atoms with Crippen LogP contribution in [-0.2, 0) is 6.42 Å². The van der Waals surface area contributed by atoms with Gasteiger partial charge in [0.1, 0.15) is 11.9 Å². The van der Waals surface area contributed by atoms with Crippen LogP contribution < -0.4 is 4.90 Å². The van der Waals surface area contributed by atoms with Crippen LogP contribution in [0.3, 0.4) is 0 Å². The molecule has 2 aliphatic rings. The van der Waals surface area contributed by atoms with Crippen molar-refractivity contribution >= 4 is 40.2 Å². The van der Waals surface area contributed by atoms with E-state index < -0.39 is 0 Å². The van der Waals surface area contributed by atoms with Gasteiger partial charge >= 0.3 is 0 Å². The minimum Gasteiger partial charge on any atom is -0.369 e. The monoisotopic (exact) mass is 552 g/mol. The Kier molecular flexibility index (Phi) is 7.52. The second-order valence-electron chi connectivity index (χ2n) is 12.1. The number of anilines is 1. The maximum atomic E-state index is 11.8. The minimum absolute atomic E-state index is 0.338. The third-order valence-corrected chi connectivity index (χ3v) is 8.87. The van der Waals surface area contributed by atoms with Gasteiger partial charge in [-0.3, -0.25) is 9.69 Å². The van der Waals surface area contributed by atoms with Crippen LogP contribution in [0.1, 0.15) is 60.2 Å². The highest BCUT2D eigenvalue weighted by atomic mass is 35.5. The molecule has 1 aliphatic heterocycles. The summed E-state index contributed by atoms with van der Waals surface area (Å²) in [4.78, 5) is 24.6. The lowest BCUT2D eigenvalue weighted by Gasteiger charge is -2.39. The van der Waals surface area contributed by atoms with Crippen LogP contribution in [0.15, 0.2) is 72.6 Å². The number of fused-ring (bicyclic) bond motifs is 1. The number of allylic oxidation sites excluding steroid dienone is 1. The van der Waals surface area contributed by atoms with E-state index in [1.165, 1.54) is 23.2 Å². The van der Waals surface area contributed by atoms with Gasteiger partial charge in [0.2, 0.25) is 0 Å². The normalized spacial score (nSPS) is 17.9. The standard InChI is InChI=1S/C34H37ClN4O/c1-34(2)11-9-32(25-3-6-30(35)7-4-25)29(20-34)22-38-13-15-39(16-14-38)31-8-5-27(23-40)28(19-31)18-24-17-26-10-12-36-33(26)37-21-24/h3-8,10,12,17,19,21,23H,9,11,13-16,18,20,22H2,1-2H3,(H,36,37). The first kappa shape index (κ1) is 26.8. The lowest BCUT2D eigenvalue weighted by atomic mass is 9.73.